The first-order valence-electron chi connectivity index (χ1n) is 9.20. The number of hydrogen-bond acceptors (Lipinski definition) is 3. The summed E-state index contributed by atoms with van der Waals surface area (Å²) in [7, 11) is 0. The van der Waals surface area contributed by atoms with Crippen molar-refractivity contribution in [3.8, 4) is 0 Å². The van der Waals surface area contributed by atoms with E-state index in [-0.39, 0.29) is 5.91 Å². The van der Waals surface area contributed by atoms with Gasteiger partial charge in [-0.05, 0) is 43.9 Å². The number of carbonyl (C=O) groups excluding carboxylic acids is 1. The molecule has 0 bridgehead atoms. The molecule has 1 aromatic carbocycles. The monoisotopic (exact) mass is 365 g/mol. The number of nitrogens with one attached hydrogen (secondary N) is 2. The third-order valence-corrected chi connectivity index (χ3v) is 8.21. The molecule has 132 valence electrons. The van der Waals surface area contributed by atoms with Crippen molar-refractivity contribution in [3.05, 3.63) is 35.4 Å². The van der Waals surface area contributed by atoms with Crippen LogP contribution in [0.3, 0.4) is 0 Å². The van der Waals surface area contributed by atoms with Crippen LogP contribution in [0.25, 0.3) is 0 Å². The lowest BCUT2D eigenvalue weighted by molar-refractivity contribution is -0.928. The van der Waals surface area contributed by atoms with E-state index in [1.54, 1.807) is 4.90 Å². The van der Waals surface area contributed by atoms with Gasteiger partial charge >= 0.3 is 0 Å². The van der Waals surface area contributed by atoms with Gasteiger partial charge in [0.25, 0.3) is 5.91 Å². The molecule has 2 N–H and O–H groups in total. The van der Waals surface area contributed by atoms with Crippen molar-refractivity contribution in [2.24, 2.45) is 0 Å². The second kappa shape index (κ2) is 9.16. The fraction of sp³-hybridized carbons (Fsp3) is 0.632. The highest BCUT2D eigenvalue weighted by Crippen LogP contribution is 2.45. The molecule has 24 heavy (non-hydrogen) atoms. The van der Waals surface area contributed by atoms with E-state index >= 15 is 0 Å². The Labute approximate surface area is 154 Å². The quantitative estimate of drug-likeness (QED) is 0.761. The summed E-state index contributed by atoms with van der Waals surface area (Å²) in [5.74, 6) is 2.53. The Hall–Kier alpha value is -0.650. The van der Waals surface area contributed by atoms with Crippen LogP contribution >= 0.6 is 23.5 Å². The van der Waals surface area contributed by atoms with Gasteiger partial charge in [-0.15, -0.1) is 23.5 Å². The number of amides is 1. The number of hydrogen-bond donors (Lipinski definition) is 2. The first-order chi connectivity index (χ1) is 11.7. The van der Waals surface area contributed by atoms with E-state index in [1.165, 1.54) is 49.4 Å². The Bertz CT molecular complexity index is 529. The molecule has 0 aliphatic carbocycles. The molecule has 0 radical (unpaired) electrons. The van der Waals surface area contributed by atoms with Crippen LogP contribution in [0.2, 0.25) is 0 Å². The van der Waals surface area contributed by atoms with Gasteiger partial charge in [-0.2, -0.15) is 0 Å². The van der Waals surface area contributed by atoms with Gasteiger partial charge in [-0.3, -0.25) is 4.79 Å². The van der Waals surface area contributed by atoms with Crippen molar-refractivity contribution in [2.45, 2.75) is 43.2 Å². The van der Waals surface area contributed by atoms with E-state index in [4.69, 9.17) is 0 Å². The van der Waals surface area contributed by atoms with Crippen LogP contribution in [0.15, 0.2) is 24.3 Å². The number of benzene rings is 1. The SMILES string of the molecule is C[C@@H]1CCCC[NH+]1CCCNC(=O)c1ccc(C2SCCS2)cc1. The van der Waals surface area contributed by atoms with Gasteiger partial charge < -0.3 is 10.2 Å². The number of quaternary nitrogens is 1. The van der Waals surface area contributed by atoms with Crippen LogP contribution < -0.4 is 10.2 Å². The predicted molar refractivity (Wildman–Crippen MR) is 105 cm³/mol. The highest BCUT2D eigenvalue weighted by molar-refractivity contribution is 8.19. The van der Waals surface area contributed by atoms with Gasteiger partial charge in [-0.1, -0.05) is 12.1 Å². The standard InChI is InChI=1S/C19H28N2OS2/c1-15-5-2-3-11-21(15)12-4-10-20-18(22)16-6-8-17(9-7-16)19-23-13-14-24-19/h6-9,15,19H,2-5,10-14H2,1H3,(H,20,22)/p+1/t15-/m1/s1. The van der Waals surface area contributed by atoms with Crippen molar-refractivity contribution in [2.75, 3.05) is 31.1 Å². The molecule has 0 saturated carbocycles. The van der Waals surface area contributed by atoms with Gasteiger partial charge in [0.05, 0.1) is 23.7 Å². The first-order valence-corrected chi connectivity index (χ1v) is 11.3. The number of rotatable bonds is 6. The smallest absolute Gasteiger partial charge is 0.251 e. The maximum Gasteiger partial charge on any atom is 0.251 e. The summed E-state index contributed by atoms with van der Waals surface area (Å²) in [5, 5.41) is 3.08. The van der Waals surface area contributed by atoms with Crippen molar-refractivity contribution in [3.63, 3.8) is 0 Å². The van der Waals surface area contributed by atoms with E-state index in [1.807, 2.05) is 35.7 Å². The topological polar surface area (TPSA) is 33.5 Å². The number of piperidine rings is 1. The van der Waals surface area contributed by atoms with Crippen molar-refractivity contribution in [1.29, 1.82) is 0 Å². The maximum atomic E-state index is 12.3. The second-order valence-corrected chi connectivity index (χ2v) is 9.58. The van der Waals surface area contributed by atoms with Gasteiger partial charge in [0, 0.05) is 30.0 Å². The summed E-state index contributed by atoms with van der Waals surface area (Å²) in [5.41, 5.74) is 2.12. The molecule has 2 fully saturated rings. The molecule has 2 heterocycles. The zero-order valence-electron chi connectivity index (χ0n) is 14.6. The average molecular weight is 366 g/mol. The highest BCUT2D eigenvalue weighted by atomic mass is 32.2. The van der Waals surface area contributed by atoms with Crippen LogP contribution in [-0.2, 0) is 0 Å². The van der Waals surface area contributed by atoms with Gasteiger partial charge in [0.1, 0.15) is 0 Å². The van der Waals surface area contributed by atoms with Crippen LogP contribution in [0.5, 0.6) is 0 Å². The summed E-state index contributed by atoms with van der Waals surface area (Å²) in [6, 6.07) is 8.97. The lowest BCUT2D eigenvalue weighted by atomic mass is 10.0. The Morgan fingerprint density at radius 2 is 1.96 bits per heavy atom. The molecule has 0 aromatic heterocycles. The summed E-state index contributed by atoms with van der Waals surface area (Å²) in [6.07, 6.45) is 5.16. The molecule has 2 aliphatic rings. The molecule has 5 heteroatoms. The molecular formula is C19H29N2OS2+. The highest BCUT2D eigenvalue weighted by Gasteiger charge is 2.21. The minimum absolute atomic E-state index is 0.0648. The Kier molecular flexibility index (Phi) is 6.93. The normalized spacial score (nSPS) is 24.9. The molecule has 1 amide bonds. The lowest BCUT2D eigenvalue weighted by Gasteiger charge is -2.30. The zero-order chi connectivity index (χ0) is 16.8. The lowest BCUT2D eigenvalue weighted by Crippen LogP contribution is -3.16. The molecule has 3 rings (SSSR count). The van der Waals surface area contributed by atoms with Crippen LogP contribution in [-0.4, -0.2) is 43.1 Å². The number of carbonyl (C=O) groups is 1. The van der Waals surface area contributed by atoms with Crippen LogP contribution in [0, 0.1) is 0 Å². The third kappa shape index (κ3) is 4.93. The maximum absolute atomic E-state index is 12.3. The fourth-order valence-corrected chi connectivity index (χ4v) is 6.45. The van der Waals surface area contributed by atoms with Gasteiger partial charge in [-0.25, -0.2) is 0 Å². The second-order valence-electron chi connectivity index (χ2n) is 6.86. The third-order valence-electron chi connectivity index (χ3n) is 5.11. The average Bonchev–Trinajstić information content (AvgIpc) is 3.15. The Balaban J connectivity index is 1.40. The predicted octanol–water partition coefficient (Wildman–Crippen LogP) is 2.74. The van der Waals surface area contributed by atoms with E-state index in [0.717, 1.165) is 24.6 Å². The van der Waals surface area contributed by atoms with E-state index in [2.05, 4.69) is 24.4 Å². The molecule has 2 saturated heterocycles. The van der Waals surface area contributed by atoms with Gasteiger partial charge in [0.2, 0.25) is 0 Å². The van der Waals surface area contributed by atoms with Crippen LogP contribution in [0.4, 0.5) is 0 Å². The van der Waals surface area contributed by atoms with Crippen LogP contribution in [0.1, 0.15) is 53.1 Å². The molecule has 1 unspecified atom stereocenters. The Morgan fingerprint density at radius 1 is 1.21 bits per heavy atom. The molecular weight excluding hydrogens is 336 g/mol. The summed E-state index contributed by atoms with van der Waals surface area (Å²) in [6.45, 7) is 5.62. The first kappa shape index (κ1) is 18.2. The number of thioether (sulfide) groups is 2. The fourth-order valence-electron chi connectivity index (χ4n) is 3.59. The minimum atomic E-state index is 0.0648. The molecule has 1 aromatic rings. The minimum Gasteiger partial charge on any atom is -0.352 e. The molecule has 2 atom stereocenters. The molecule has 2 aliphatic heterocycles. The van der Waals surface area contributed by atoms with E-state index < -0.39 is 0 Å². The zero-order valence-corrected chi connectivity index (χ0v) is 16.2. The number of likely N-dealkylation sites (tertiary alicyclic amines) is 1. The largest absolute Gasteiger partial charge is 0.352 e. The van der Waals surface area contributed by atoms with Crippen molar-refractivity contribution in [1.82, 2.24) is 5.32 Å². The van der Waals surface area contributed by atoms with E-state index in [0.29, 0.717) is 4.58 Å². The Morgan fingerprint density at radius 3 is 2.67 bits per heavy atom. The van der Waals surface area contributed by atoms with Crippen molar-refractivity contribution < 1.29 is 9.69 Å². The van der Waals surface area contributed by atoms with Gasteiger partial charge in [0.15, 0.2) is 0 Å². The summed E-state index contributed by atoms with van der Waals surface area (Å²) in [4.78, 5) is 14.0. The summed E-state index contributed by atoms with van der Waals surface area (Å²) < 4.78 is 0.552. The molecule has 3 nitrogen and oxygen atoms in total. The summed E-state index contributed by atoms with van der Waals surface area (Å²) >= 11 is 4.00. The molecule has 0 spiro atoms. The van der Waals surface area contributed by atoms with E-state index in [9.17, 15) is 4.79 Å². The van der Waals surface area contributed by atoms with Crippen molar-refractivity contribution >= 4 is 29.4 Å².